The normalized spacial score (nSPS) is 43.4. The van der Waals surface area contributed by atoms with Gasteiger partial charge in [0.05, 0.1) is 6.04 Å². The van der Waals surface area contributed by atoms with Gasteiger partial charge < -0.3 is 5.73 Å². The average molecular weight is 235 g/mol. The van der Waals surface area contributed by atoms with Crippen LogP contribution in [0, 0.1) is 0 Å². The first-order chi connectivity index (χ1) is 5.27. The predicted octanol–water partition coefficient (Wildman–Crippen LogP) is 1.73. The highest BCUT2D eigenvalue weighted by Gasteiger charge is 2.36. The lowest BCUT2D eigenvalue weighted by Gasteiger charge is -2.27. The molecule has 2 aliphatic rings. The highest BCUT2D eigenvalue weighted by Crippen LogP contribution is 2.39. The first-order valence-corrected chi connectivity index (χ1v) is 5.71. The number of amidine groups is 1. The Balaban J connectivity index is 2.10. The molecule has 0 aromatic heterocycles. The lowest BCUT2D eigenvalue weighted by atomic mass is 9.95. The van der Waals surface area contributed by atoms with Crippen molar-refractivity contribution in [1.29, 1.82) is 0 Å². The van der Waals surface area contributed by atoms with Crippen molar-refractivity contribution >= 4 is 32.9 Å². The quantitative estimate of drug-likeness (QED) is 0.649. The average Bonchev–Trinajstić information content (AvgIpc) is 2.31. The molecule has 62 valence electrons. The number of aliphatic imine (C=N–C) groups is 1. The van der Waals surface area contributed by atoms with Crippen molar-refractivity contribution in [2.75, 3.05) is 0 Å². The lowest BCUT2D eigenvalue weighted by molar-refractivity contribution is 0.475. The summed E-state index contributed by atoms with van der Waals surface area (Å²) in [6.45, 7) is 0. The van der Waals surface area contributed by atoms with E-state index in [1.807, 2.05) is 0 Å². The lowest BCUT2D eigenvalue weighted by Crippen LogP contribution is -2.31. The van der Waals surface area contributed by atoms with E-state index in [0.717, 1.165) is 5.17 Å². The molecule has 0 aromatic rings. The highest BCUT2D eigenvalue weighted by atomic mass is 79.9. The standard InChI is InChI=1S/C7H11BrN2S/c8-4-2-1-3-5-6(4)11-7(9)10-5/h4-6H,1-3H2,(H2,9,10). The van der Waals surface area contributed by atoms with Gasteiger partial charge in [-0.25, -0.2) is 0 Å². The number of hydrogen-bond donors (Lipinski definition) is 1. The van der Waals surface area contributed by atoms with E-state index in [1.165, 1.54) is 19.3 Å². The molecule has 1 saturated carbocycles. The van der Waals surface area contributed by atoms with Crippen LogP contribution in [0.25, 0.3) is 0 Å². The molecule has 0 radical (unpaired) electrons. The molecule has 4 heteroatoms. The van der Waals surface area contributed by atoms with Crippen LogP contribution in [0.15, 0.2) is 4.99 Å². The van der Waals surface area contributed by atoms with Crippen molar-refractivity contribution in [3.63, 3.8) is 0 Å². The molecule has 0 amide bonds. The Morgan fingerprint density at radius 2 is 2.36 bits per heavy atom. The molecule has 0 spiro atoms. The van der Waals surface area contributed by atoms with Gasteiger partial charge in [0.2, 0.25) is 0 Å². The second-order valence-corrected chi connectivity index (χ2v) is 5.44. The summed E-state index contributed by atoms with van der Waals surface area (Å²) in [6.07, 6.45) is 3.78. The molecule has 11 heavy (non-hydrogen) atoms. The third-order valence-corrected chi connectivity index (χ3v) is 4.90. The Morgan fingerprint density at radius 1 is 1.55 bits per heavy atom. The van der Waals surface area contributed by atoms with Crippen LogP contribution in [0.3, 0.4) is 0 Å². The second-order valence-electron chi connectivity index (χ2n) is 3.06. The molecule has 0 aromatic carbocycles. The molecule has 1 heterocycles. The van der Waals surface area contributed by atoms with Gasteiger partial charge in [0.25, 0.3) is 0 Å². The number of hydrogen-bond acceptors (Lipinski definition) is 3. The van der Waals surface area contributed by atoms with Crippen molar-refractivity contribution in [3.05, 3.63) is 0 Å². The Labute approximate surface area is 79.1 Å². The van der Waals surface area contributed by atoms with Crippen LogP contribution in [0.5, 0.6) is 0 Å². The Bertz CT molecular complexity index is 195. The minimum Gasteiger partial charge on any atom is -0.379 e. The number of alkyl halides is 1. The molecule has 0 saturated heterocycles. The van der Waals surface area contributed by atoms with E-state index in [1.54, 1.807) is 11.8 Å². The molecule has 0 bridgehead atoms. The molecule has 1 fully saturated rings. The van der Waals surface area contributed by atoms with Gasteiger partial charge in [0.1, 0.15) is 0 Å². The second kappa shape index (κ2) is 2.98. The molecule has 1 aliphatic heterocycles. The number of thioether (sulfide) groups is 1. The number of rotatable bonds is 0. The van der Waals surface area contributed by atoms with Gasteiger partial charge in [-0.1, -0.05) is 34.1 Å². The molecule has 2 nitrogen and oxygen atoms in total. The zero-order valence-corrected chi connectivity index (χ0v) is 8.57. The first kappa shape index (κ1) is 7.92. The predicted molar refractivity (Wildman–Crippen MR) is 53.4 cm³/mol. The molecule has 1 aliphatic carbocycles. The van der Waals surface area contributed by atoms with Crippen LogP contribution in [0.2, 0.25) is 0 Å². The summed E-state index contributed by atoms with van der Waals surface area (Å²) in [5, 5.41) is 1.40. The number of halogens is 1. The summed E-state index contributed by atoms with van der Waals surface area (Å²) in [5.74, 6) is 0. The molecule has 2 rings (SSSR count). The van der Waals surface area contributed by atoms with Crippen LogP contribution in [-0.4, -0.2) is 21.3 Å². The summed E-state index contributed by atoms with van der Waals surface area (Å²) in [5.41, 5.74) is 5.65. The monoisotopic (exact) mass is 234 g/mol. The minimum absolute atomic E-state index is 0.498. The van der Waals surface area contributed by atoms with Crippen molar-refractivity contribution in [1.82, 2.24) is 0 Å². The van der Waals surface area contributed by atoms with E-state index >= 15 is 0 Å². The molecular formula is C7H11BrN2S. The summed E-state index contributed by atoms with van der Waals surface area (Å²) in [6, 6.07) is 0.498. The van der Waals surface area contributed by atoms with E-state index in [-0.39, 0.29) is 0 Å². The molecule has 3 unspecified atom stereocenters. The van der Waals surface area contributed by atoms with Crippen molar-refractivity contribution in [3.8, 4) is 0 Å². The fourth-order valence-electron chi connectivity index (χ4n) is 1.72. The van der Waals surface area contributed by atoms with Crippen molar-refractivity contribution < 1.29 is 0 Å². The molecule has 3 atom stereocenters. The third-order valence-electron chi connectivity index (χ3n) is 2.27. The molecule has 2 N–H and O–H groups in total. The maximum absolute atomic E-state index is 5.65. The van der Waals surface area contributed by atoms with E-state index in [4.69, 9.17) is 5.73 Å². The number of nitrogens with two attached hydrogens (primary N) is 1. The first-order valence-electron chi connectivity index (χ1n) is 3.91. The van der Waals surface area contributed by atoms with Gasteiger partial charge in [-0.3, -0.25) is 4.99 Å². The van der Waals surface area contributed by atoms with E-state index in [2.05, 4.69) is 20.9 Å². The molecular weight excluding hydrogens is 224 g/mol. The fraction of sp³-hybridized carbons (Fsp3) is 0.857. The SMILES string of the molecule is NC1=NC2CCCC(Br)C2S1. The van der Waals surface area contributed by atoms with Gasteiger partial charge in [0, 0.05) is 10.1 Å². The fourth-order valence-corrected chi connectivity index (χ4v) is 3.83. The smallest absolute Gasteiger partial charge is 0.154 e. The Kier molecular flexibility index (Phi) is 2.14. The number of nitrogens with zero attached hydrogens (tertiary/aromatic N) is 1. The van der Waals surface area contributed by atoms with Crippen LogP contribution < -0.4 is 5.73 Å². The maximum Gasteiger partial charge on any atom is 0.154 e. The van der Waals surface area contributed by atoms with E-state index in [0.29, 0.717) is 16.1 Å². The summed E-state index contributed by atoms with van der Waals surface area (Å²) >= 11 is 5.41. The summed E-state index contributed by atoms with van der Waals surface area (Å²) < 4.78 is 0. The van der Waals surface area contributed by atoms with Crippen molar-refractivity contribution in [2.24, 2.45) is 10.7 Å². The zero-order chi connectivity index (χ0) is 7.84. The van der Waals surface area contributed by atoms with Gasteiger partial charge in [-0.05, 0) is 12.8 Å². The van der Waals surface area contributed by atoms with Gasteiger partial charge in [0.15, 0.2) is 5.17 Å². The topological polar surface area (TPSA) is 38.4 Å². The van der Waals surface area contributed by atoms with Gasteiger partial charge in [-0.2, -0.15) is 0 Å². The van der Waals surface area contributed by atoms with Crippen LogP contribution >= 0.6 is 27.7 Å². The van der Waals surface area contributed by atoms with E-state index in [9.17, 15) is 0 Å². The number of fused-ring (bicyclic) bond motifs is 1. The third kappa shape index (κ3) is 1.43. The van der Waals surface area contributed by atoms with Gasteiger partial charge in [-0.15, -0.1) is 0 Å². The van der Waals surface area contributed by atoms with E-state index < -0.39 is 0 Å². The minimum atomic E-state index is 0.498. The van der Waals surface area contributed by atoms with Crippen molar-refractivity contribution in [2.45, 2.75) is 35.4 Å². The largest absolute Gasteiger partial charge is 0.379 e. The highest BCUT2D eigenvalue weighted by molar-refractivity contribution is 9.09. The Hall–Kier alpha value is 0.300. The Morgan fingerprint density at radius 3 is 3.09 bits per heavy atom. The van der Waals surface area contributed by atoms with Crippen LogP contribution in [-0.2, 0) is 0 Å². The summed E-state index contributed by atoms with van der Waals surface area (Å²) in [7, 11) is 0. The summed E-state index contributed by atoms with van der Waals surface area (Å²) in [4.78, 5) is 5.01. The zero-order valence-electron chi connectivity index (χ0n) is 6.16. The maximum atomic E-state index is 5.65. The van der Waals surface area contributed by atoms with Gasteiger partial charge >= 0.3 is 0 Å². The van der Waals surface area contributed by atoms with Crippen LogP contribution in [0.1, 0.15) is 19.3 Å². The van der Waals surface area contributed by atoms with Crippen LogP contribution in [0.4, 0.5) is 0 Å².